The second kappa shape index (κ2) is 7.06. The predicted octanol–water partition coefficient (Wildman–Crippen LogP) is 3.50. The number of hydrogen-bond acceptors (Lipinski definition) is 3. The SMILES string of the molecule is CCc1ccc(OC(c2cccnc2)C(N)CC)cc1. The van der Waals surface area contributed by atoms with E-state index < -0.39 is 0 Å². The number of nitrogens with zero attached hydrogens (tertiary/aromatic N) is 1. The summed E-state index contributed by atoms with van der Waals surface area (Å²) in [6, 6.07) is 12.1. The normalized spacial score (nSPS) is 13.8. The van der Waals surface area contributed by atoms with Gasteiger partial charge in [-0.25, -0.2) is 0 Å². The molecule has 0 bridgehead atoms. The number of aryl methyl sites for hydroxylation is 1. The average Bonchev–Trinajstić information content (AvgIpc) is 2.53. The lowest BCUT2D eigenvalue weighted by Gasteiger charge is -2.24. The highest BCUT2D eigenvalue weighted by Crippen LogP contribution is 2.25. The molecular formula is C17H22N2O. The zero-order valence-corrected chi connectivity index (χ0v) is 12.1. The molecule has 0 amide bonds. The molecule has 0 saturated carbocycles. The molecule has 0 radical (unpaired) electrons. The first-order valence-electron chi connectivity index (χ1n) is 7.15. The molecule has 0 fully saturated rings. The highest BCUT2D eigenvalue weighted by molar-refractivity contribution is 5.28. The molecule has 1 heterocycles. The topological polar surface area (TPSA) is 48.1 Å². The smallest absolute Gasteiger partial charge is 0.140 e. The van der Waals surface area contributed by atoms with Crippen molar-refractivity contribution in [2.75, 3.05) is 0 Å². The van der Waals surface area contributed by atoms with E-state index in [1.54, 1.807) is 6.20 Å². The first-order chi connectivity index (χ1) is 9.74. The first-order valence-corrected chi connectivity index (χ1v) is 7.15. The fourth-order valence-electron chi connectivity index (χ4n) is 2.11. The first kappa shape index (κ1) is 14.5. The van der Waals surface area contributed by atoms with Gasteiger partial charge in [0, 0.05) is 24.0 Å². The highest BCUT2D eigenvalue weighted by atomic mass is 16.5. The Labute approximate surface area is 120 Å². The summed E-state index contributed by atoms with van der Waals surface area (Å²) in [5, 5.41) is 0. The van der Waals surface area contributed by atoms with Gasteiger partial charge in [-0.15, -0.1) is 0 Å². The molecule has 0 aliphatic heterocycles. The van der Waals surface area contributed by atoms with E-state index in [-0.39, 0.29) is 12.1 Å². The third-order valence-corrected chi connectivity index (χ3v) is 3.47. The van der Waals surface area contributed by atoms with E-state index in [1.807, 2.05) is 30.5 Å². The van der Waals surface area contributed by atoms with Crippen LogP contribution in [0.25, 0.3) is 0 Å². The van der Waals surface area contributed by atoms with Crippen molar-refractivity contribution < 1.29 is 4.74 Å². The van der Waals surface area contributed by atoms with Crippen LogP contribution >= 0.6 is 0 Å². The van der Waals surface area contributed by atoms with Crippen molar-refractivity contribution in [1.29, 1.82) is 0 Å². The Morgan fingerprint density at radius 1 is 1.15 bits per heavy atom. The van der Waals surface area contributed by atoms with E-state index in [9.17, 15) is 0 Å². The minimum Gasteiger partial charge on any atom is -0.484 e. The van der Waals surface area contributed by atoms with Gasteiger partial charge >= 0.3 is 0 Å². The molecule has 0 aliphatic carbocycles. The van der Waals surface area contributed by atoms with E-state index in [0.29, 0.717) is 0 Å². The maximum absolute atomic E-state index is 6.20. The summed E-state index contributed by atoms with van der Waals surface area (Å²) < 4.78 is 6.09. The van der Waals surface area contributed by atoms with Crippen molar-refractivity contribution >= 4 is 0 Å². The Balaban J connectivity index is 2.19. The van der Waals surface area contributed by atoms with Crippen molar-refractivity contribution in [3.05, 3.63) is 59.9 Å². The molecule has 2 aromatic rings. The van der Waals surface area contributed by atoms with Gasteiger partial charge in [0.05, 0.1) is 0 Å². The van der Waals surface area contributed by atoms with E-state index in [1.165, 1.54) is 5.56 Å². The second-order valence-corrected chi connectivity index (χ2v) is 4.89. The maximum Gasteiger partial charge on any atom is 0.140 e. The van der Waals surface area contributed by atoms with Crippen LogP contribution in [0.3, 0.4) is 0 Å². The minimum atomic E-state index is -0.166. The lowest BCUT2D eigenvalue weighted by molar-refractivity contribution is 0.170. The molecule has 1 aromatic heterocycles. The van der Waals surface area contributed by atoms with Crippen LogP contribution in [-0.2, 0) is 6.42 Å². The molecule has 3 nitrogen and oxygen atoms in total. The van der Waals surface area contributed by atoms with Crippen molar-refractivity contribution in [1.82, 2.24) is 4.98 Å². The fourth-order valence-corrected chi connectivity index (χ4v) is 2.11. The molecule has 2 N–H and O–H groups in total. The number of rotatable bonds is 6. The van der Waals surface area contributed by atoms with E-state index in [2.05, 4.69) is 31.0 Å². The molecule has 20 heavy (non-hydrogen) atoms. The monoisotopic (exact) mass is 270 g/mol. The lowest BCUT2D eigenvalue weighted by atomic mass is 10.0. The summed E-state index contributed by atoms with van der Waals surface area (Å²) in [6.07, 6.45) is 5.29. The van der Waals surface area contributed by atoms with Gasteiger partial charge in [-0.3, -0.25) is 4.98 Å². The van der Waals surface area contributed by atoms with Crippen LogP contribution in [0, 0.1) is 0 Å². The highest BCUT2D eigenvalue weighted by Gasteiger charge is 2.20. The van der Waals surface area contributed by atoms with Gasteiger partial charge in [-0.05, 0) is 36.6 Å². The van der Waals surface area contributed by atoms with Gasteiger partial charge in [-0.2, -0.15) is 0 Å². The summed E-state index contributed by atoms with van der Waals surface area (Å²) in [5.74, 6) is 0.847. The summed E-state index contributed by atoms with van der Waals surface area (Å²) in [5.41, 5.74) is 8.52. The number of nitrogens with two attached hydrogens (primary N) is 1. The van der Waals surface area contributed by atoms with Crippen molar-refractivity contribution in [2.45, 2.75) is 38.8 Å². The minimum absolute atomic E-state index is 0.0509. The number of hydrogen-bond donors (Lipinski definition) is 1. The van der Waals surface area contributed by atoms with Gasteiger partial charge in [-0.1, -0.05) is 32.0 Å². The van der Waals surface area contributed by atoms with Gasteiger partial charge in [0.15, 0.2) is 0 Å². The number of pyridine rings is 1. The Morgan fingerprint density at radius 2 is 1.90 bits per heavy atom. The standard InChI is InChI=1S/C17H22N2O/c1-3-13-7-9-15(10-8-13)20-17(16(18)4-2)14-6-5-11-19-12-14/h5-12,16-17H,3-4,18H2,1-2H3. The lowest BCUT2D eigenvalue weighted by Crippen LogP contribution is -2.31. The molecule has 106 valence electrons. The van der Waals surface area contributed by atoms with E-state index >= 15 is 0 Å². The Hall–Kier alpha value is -1.87. The van der Waals surface area contributed by atoms with Crippen LogP contribution < -0.4 is 10.5 Å². The Bertz CT molecular complexity index is 510. The summed E-state index contributed by atoms with van der Waals surface area (Å²) in [6.45, 7) is 4.21. The molecule has 0 saturated heterocycles. The Kier molecular flexibility index (Phi) is 5.13. The molecule has 2 unspecified atom stereocenters. The van der Waals surface area contributed by atoms with E-state index in [0.717, 1.165) is 24.2 Å². The molecule has 0 spiro atoms. The van der Waals surface area contributed by atoms with Crippen LogP contribution in [0.15, 0.2) is 48.8 Å². The molecule has 2 rings (SSSR count). The largest absolute Gasteiger partial charge is 0.484 e. The second-order valence-electron chi connectivity index (χ2n) is 4.89. The van der Waals surface area contributed by atoms with Gasteiger partial charge in [0.2, 0.25) is 0 Å². The van der Waals surface area contributed by atoms with Crippen LogP contribution in [0.5, 0.6) is 5.75 Å². The van der Waals surface area contributed by atoms with Crippen molar-refractivity contribution in [3.8, 4) is 5.75 Å². The number of aromatic nitrogens is 1. The third-order valence-electron chi connectivity index (χ3n) is 3.47. The molecule has 2 atom stereocenters. The average molecular weight is 270 g/mol. The molecule has 1 aromatic carbocycles. The summed E-state index contributed by atoms with van der Waals surface area (Å²) in [7, 11) is 0. The Morgan fingerprint density at radius 3 is 2.45 bits per heavy atom. The fraction of sp³-hybridized carbons (Fsp3) is 0.353. The van der Waals surface area contributed by atoms with E-state index in [4.69, 9.17) is 10.5 Å². The number of ether oxygens (including phenoxy) is 1. The van der Waals surface area contributed by atoms with Crippen molar-refractivity contribution in [3.63, 3.8) is 0 Å². The van der Waals surface area contributed by atoms with Gasteiger partial charge in [0.1, 0.15) is 11.9 Å². The predicted molar refractivity (Wildman–Crippen MR) is 81.7 cm³/mol. The number of benzene rings is 1. The van der Waals surface area contributed by atoms with Crippen LogP contribution in [-0.4, -0.2) is 11.0 Å². The van der Waals surface area contributed by atoms with Gasteiger partial charge < -0.3 is 10.5 Å². The quantitative estimate of drug-likeness (QED) is 0.874. The van der Waals surface area contributed by atoms with Crippen LogP contribution in [0.1, 0.15) is 37.5 Å². The zero-order valence-electron chi connectivity index (χ0n) is 12.1. The molecule has 0 aliphatic rings. The maximum atomic E-state index is 6.20. The van der Waals surface area contributed by atoms with Gasteiger partial charge in [0.25, 0.3) is 0 Å². The summed E-state index contributed by atoms with van der Waals surface area (Å²) >= 11 is 0. The third kappa shape index (κ3) is 3.58. The zero-order chi connectivity index (χ0) is 14.4. The van der Waals surface area contributed by atoms with Crippen LogP contribution in [0.4, 0.5) is 0 Å². The molecular weight excluding hydrogens is 248 g/mol. The molecule has 3 heteroatoms. The summed E-state index contributed by atoms with van der Waals surface area (Å²) in [4.78, 5) is 4.16. The van der Waals surface area contributed by atoms with Crippen LogP contribution in [0.2, 0.25) is 0 Å². The van der Waals surface area contributed by atoms with Crippen molar-refractivity contribution in [2.24, 2.45) is 5.73 Å².